The van der Waals surface area contributed by atoms with Crippen LogP contribution in [0.15, 0.2) is 0 Å². The third-order valence-corrected chi connectivity index (χ3v) is 2.18. The molecule has 0 aromatic carbocycles. The van der Waals surface area contributed by atoms with E-state index in [-0.39, 0.29) is 6.61 Å². The number of hydrogen-bond donors (Lipinski definition) is 1. The molecule has 0 amide bonds. The summed E-state index contributed by atoms with van der Waals surface area (Å²) in [5.74, 6) is 0. The Morgan fingerprint density at radius 2 is 2.25 bits per heavy atom. The summed E-state index contributed by atoms with van der Waals surface area (Å²) in [5.41, 5.74) is -0.523. The standard InChI is InChI=1S/C5H12FOP/c1-5(2-6,3-7)4-8/h7H,2-4,8H2,1H3. The van der Waals surface area contributed by atoms with Gasteiger partial charge in [0.25, 0.3) is 0 Å². The van der Waals surface area contributed by atoms with Crippen LogP contribution in [0.2, 0.25) is 0 Å². The molecule has 0 aromatic heterocycles. The van der Waals surface area contributed by atoms with Crippen molar-refractivity contribution >= 4 is 9.24 Å². The molecule has 0 aromatic rings. The van der Waals surface area contributed by atoms with Gasteiger partial charge in [0.1, 0.15) is 0 Å². The predicted octanol–water partition coefficient (Wildman–Crippen LogP) is 0.830. The smallest absolute Gasteiger partial charge is 0.0973 e. The Morgan fingerprint density at radius 3 is 2.25 bits per heavy atom. The molecular formula is C5H12FOP. The second kappa shape index (κ2) is 3.37. The van der Waals surface area contributed by atoms with Crippen molar-refractivity contribution in [2.24, 2.45) is 5.41 Å². The first-order valence-corrected chi connectivity index (χ1v) is 3.37. The van der Waals surface area contributed by atoms with Gasteiger partial charge in [-0.2, -0.15) is 0 Å². The largest absolute Gasteiger partial charge is 0.396 e. The Morgan fingerprint density at radius 1 is 1.75 bits per heavy atom. The van der Waals surface area contributed by atoms with Crippen LogP contribution in [0.25, 0.3) is 0 Å². The Bertz CT molecular complexity index is 55.2. The fourth-order valence-corrected chi connectivity index (χ4v) is 0.400. The lowest BCUT2D eigenvalue weighted by molar-refractivity contribution is 0.132. The Hall–Kier alpha value is 0.320. The highest BCUT2D eigenvalue weighted by molar-refractivity contribution is 7.16. The lowest BCUT2D eigenvalue weighted by Gasteiger charge is -2.19. The van der Waals surface area contributed by atoms with E-state index < -0.39 is 12.1 Å². The topological polar surface area (TPSA) is 20.2 Å². The van der Waals surface area contributed by atoms with Gasteiger partial charge in [-0.05, 0) is 6.16 Å². The summed E-state index contributed by atoms with van der Waals surface area (Å²) >= 11 is 0. The van der Waals surface area contributed by atoms with Crippen molar-refractivity contribution in [2.75, 3.05) is 19.4 Å². The van der Waals surface area contributed by atoms with Crippen LogP contribution in [0.1, 0.15) is 6.92 Å². The first-order chi connectivity index (χ1) is 3.68. The minimum atomic E-state index is -0.523. The van der Waals surface area contributed by atoms with E-state index in [1.165, 1.54) is 0 Å². The summed E-state index contributed by atoms with van der Waals surface area (Å²) < 4.78 is 11.9. The van der Waals surface area contributed by atoms with Crippen LogP contribution >= 0.6 is 9.24 Å². The van der Waals surface area contributed by atoms with E-state index in [4.69, 9.17) is 5.11 Å². The highest BCUT2D eigenvalue weighted by Crippen LogP contribution is 2.18. The van der Waals surface area contributed by atoms with E-state index in [1.807, 2.05) is 0 Å². The molecule has 3 heteroatoms. The minimum absolute atomic E-state index is 0.0764. The van der Waals surface area contributed by atoms with Gasteiger partial charge in [0, 0.05) is 5.41 Å². The lowest BCUT2D eigenvalue weighted by Crippen LogP contribution is -2.25. The Kier molecular flexibility index (Phi) is 3.50. The second-order valence-electron chi connectivity index (χ2n) is 2.31. The summed E-state index contributed by atoms with van der Waals surface area (Å²) in [6.45, 7) is 1.18. The van der Waals surface area contributed by atoms with Crippen molar-refractivity contribution < 1.29 is 9.50 Å². The molecule has 0 aliphatic rings. The molecule has 0 rings (SSSR count). The van der Waals surface area contributed by atoms with Crippen LogP contribution in [0.3, 0.4) is 0 Å². The molecule has 1 N–H and O–H groups in total. The fraction of sp³-hybridized carbons (Fsp3) is 1.00. The fourth-order valence-electron chi connectivity index (χ4n) is 0.161. The molecule has 0 spiro atoms. The zero-order valence-corrected chi connectivity index (χ0v) is 6.18. The van der Waals surface area contributed by atoms with E-state index >= 15 is 0 Å². The molecule has 0 aliphatic carbocycles. The molecule has 2 atom stereocenters. The predicted molar refractivity (Wildman–Crippen MR) is 35.7 cm³/mol. The van der Waals surface area contributed by atoms with Crippen molar-refractivity contribution in [2.45, 2.75) is 6.92 Å². The highest BCUT2D eigenvalue weighted by Gasteiger charge is 2.19. The summed E-state index contributed by atoms with van der Waals surface area (Å²) in [6.07, 6.45) is 0.611. The van der Waals surface area contributed by atoms with Crippen LogP contribution < -0.4 is 0 Å². The van der Waals surface area contributed by atoms with Gasteiger partial charge in [-0.1, -0.05) is 6.92 Å². The van der Waals surface area contributed by atoms with Gasteiger partial charge in [0.2, 0.25) is 0 Å². The maximum atomic E-state index is 11.9. The van der Waals surface area contributed by atoms with Crippen LogP contribution in [-0.2, 0) is 0 Å². The zero-order valence-electron chi connectivity index (χ0n) is 5.02. The van der Waals surface area contributed by atoms with Gasteiger partial charge in [-0.25, -0.2) is 0 Å². The number of aliphatic hydroxyl groups excluding tert-OH is 1. The van der Waals surface area contributed by atoms with Crippen LogP contribution in [-0.4, -0.2) is 24.5 Å². The van der Waals surface area contributed by atoms with Gasteiger partial charge < -0.3 is 5.11 Å². The van der Waals surface area contributed by atoms with Crippen LogP contribution in [0, 0.1) is 5.41 Å². The quantitative estimate of drug-likeness (QED) is 0.573. The van der Waals surface area contributed by atoms with E-state index in [2.05, 4.69) is 9.24 Å². The first kappa shape index (κ1) is 8.32. The normalized spacial score (nSPS) is 18.0. The lowest BCUT2D eigenvalue weighted by atomic mass is 9.97. The van der Waals surface area contributed by atoms with Crippen molar-refractivity contribution in [1.29, 1.82) is 0 Å². The molecule has 0 saturated carbocycles. The van der Waals surface area contributed by atoms with E-state index in [9.17, 15) is 4.39 Å². The summed E-state index contributed by atoms with van der Waals surface area (Å²) in [5, 5.41) is 8.53. The van der Waals surface area contributed by atoms with Crippen molar-refractivity contribution in [3.63, 3.8) is 0 Å². The highest BCUT2D eigenvalue weighted by atomic mass is 31.0. The molecule has 8 heavy (non-hydrogen) atoms. The Labute approximate surface area is 51.5 Å². The monoisotopic (exact) mass is 138 g/mol. The molecule has 0 saturated heterocycles. The van der Waals surface area contributed by atoms with Gasteiger partial charge in [-0.3, -0.25) is 4.39 Å². The van der Waals surface area contributed by atoms with Crippen LogP contribution in [0.4, 0.5) is 4.39 Å². The number of rotatable bonds is 3. The SMILES string of the molecule is CC(CO)(CF)CP. The third kappa shape index (κ3) is 2.06. The van der Waals surface area contributed by atoms with E-state index in [0.29, 0.717) is 6.16 Å². The average Bonchev–Trinajstić information content (AvgIpc) is 1.87. The number of alkyl halides is 1. The van der Waals surface area contributed by atoms with Gasteiger partial charge in [-0.15, -0.1) is 9.24 Å². The number of hydrogen-bond acceptors (Lipinski definition) is 1. The molecule has 50 valence electrons. The summed E-state index contributed by atoms with van der Waals surface area (Å²) in [4.78, 5) is 0. The molecule has 2 unspecified atom stereocenters. The third-order valence-electron chi connectivity index (χ3n) is 1.20. The molecular weight excluding hydrogens is 126 g/mol. The molecule has 1 nitrogen and oxygen atoms in total. The molecule has 0 aliphatic heterocycles. The van der Waals surface area contributed by atoms with Gasteiger partial charge in [0.15, 0.2) is 0 Å². The van der Waals surface area contributed by atoms with Gasteiger partial charge in [0.05, 0.1) is 13.3 Å². The van der Waals surface area contributed by atoms with E-state index in [1.54, 1.807) is 6.92 Å². The Balaban J connectivity index is 3.58. The summed E-state index contributed by atoms with van der Waals surface area (Å²) in [6, 6.07) is 0. The molecule has 0 heterocycles. The number of aliphatic hydroxyl groups is 1. The first-order valence-electron chi connectivity index (χ1n) is 2.55. The molecule has 0 bridgehead atoms. The summed E-state index contributed by atoms with van der Waals surface area (Å²) in [7, 11) is 2.41. The molecule has 0 radical (unpaired) electrons. The molecule has 0 fully saturated rings. The van der Waals surface area contributed by atoms with E-state index in [0.717, 1.165) is 0 Å². The number of halogens is 1. The van der Waals surface area contributed by atoms with Crippen molar-refractivity contribution in [3.8, 4) is 0 Å². The maximum Gasteiger partial charge on any atom is 0.0973 e. The van der Waals surface area contributed by atoms with Crippen molar-refractivity contribution in [1.82, 2.24) is 0 Å². The second-order valence-corrected chi connectivity index (χ2v) is 2.71. The van der Waals surface area contributed by atoms with Crippen LogP contribution in [0.5, 0.6) is 0 Å². The zero-order chi connectivity index (χ0) is 6.62. The van der Waals surface area contributed by atoms with Gasteiger partial charge >= 0.3 is 0 Å². The minimum Gasteiger partial charge on any atom is -0.396 e. The maximum absolute atomic E-state index is 11.9. The average molecular weight is 138 g/mol. The van der Waals surface area contributed by atoms with Crippen molar-refractivity contribution in [3.05, 3.63) is 0 Å².